The molecule has 0 N–H and O–H groups in total. The molecule has 2 unspecified atom stereocenters. The van der Waals surface area contributed by atoms with E-state index in [2.05, 4.69) is 93.4 Å². The Labute approximate surface area is 173 Å². The molecule has 1 saturated heterocycles. The maximum Gasteiger partial charge on any atom is 0.494 e. The van der Waals surface area contributed by atoms with Crippen molar-refractivity contribution in [1.82, 2.24) is 4.90 Å². The monoisotopic (exact) mass is 385 g/mol. The minimum absolute atomic E-state index is 0.0801. The highest BCUT2D eigenvalue weighted by molar-refractivity contribution is 6.62. The first-order valence-corrected chi connectivity index (χ1v) is 10.5. The summed E-state index contributed by atoms with van der Waals surface area (Å²) >= 11 is 0. The highest BCUT2D eigenvalue weighted by Gasteiger charge is 2.44. The Balaban J connectivity index is 1.51. The molecule has 5 rings (SSSR count). The first-order chi connectivity index (χ1) is 13.9. The lowest BCUT2D eigenvalue weighted by molar-refractivity contribution is 0.0842. The van der Waals surface area contributed by atoms with E-state index >= 15 is 0 Å². The average Bonchev–Trinajstić information content (AvgIpc) is 2.99. The smallest absolute Gasteiger partial charge is 0.402 e. The second-order valence-corrected chi connectivity index (χ2v) is 9.15. The lowest BCUT2D eigenvalue weighted by Gasteiger charge is -2.33. The summed E-state index contributed by atoms with van der Waals surface area (Å²) in [7, 11) is 1.92. The molecule has 1 fully saturated rings. The minimum Gasteiger partial charge on any atom is -0.402 e. The molecule has 2 aliphatic heterocycles. The van der Waals surface area contributed by atoms with Gasteiger partial charge in [0, 0.05) is 19.0 Å². The highest BCUT2D eigenvalue weighted by Crippen LogP contribution is 2.34. The zero-order valence-corrected chi connectivity index (χ0v) is 17.7. The summed E-state index contributed by atoms with van der Waals surface area (Å²) in [6.45, 7) is 8.27. The fourth-order valence-corrected chi connectivity index (χ4v) is 4.62. The van der Waals surface area contributed by atoms with Crippen LogP contribution in [0.25, 0.3) is 10.8 Å². The molecule has 0 amide bonds. The molecule has 0 spiro atoms. The zero-order chi connectivity index (χ0) is 20.2. The normalized spacial score (nSPS) is 24.1. The van der Waals surface area contributed by atoms with Crippen molar-refractivity contribution in [3.63, 3.8) is 0 Å². The predicted molar refractivity (Wildman–Crippen MR) is 120 cm³/mol. The van der Waals surface area contributed by atoms with Crippen LogP contribution in [0.5, 0.6) is 0 Å². The van der Waals surface area contributed by atoms with Crippen molar-refractivity contribution in [1.29, 1.82) is 0 Å². The van der Waals surface area contributed by atoms with Crippen molar-refractivity contribution in [2.75, 3.05) is 13.6 Å². The van der Waals surface area contributed by atoms with Crippen molar-refractivity contribution < 1.29 is 9.31 Å². The van der Waals surface area contributed by atoms with E-state index < -0.39 is 0 Å². The topological polar surface area (TPSA) is 21.7 Å². The van der Waals surface area contributed by atoms with Gasteiger partial charge < -0.3 is 14.2 Å². The molecule has 0 bridgehead atoms. The van der Waals surface area contributed by atoms with Crippen LogP contribution in [0.3, 0.4) is 0 Å². The van der Waals surface area contributed by atoms with E-state index in [1.54, 1.807) is 0 Å². The van der Waals surface area contributed by atoms with Gasteiger partial charge in [-0.25, -0.2) is 0 Å². The summed E-state index contributed by atoms with van der Waals surface area (Å²) in [4.78, 5) is 2.41. The Morgan fingerprint density at radius 1 is 1.00 bits per heavy atom. The third kappa shape index (κ3) is 3.40. The molecule has 3 aromatic rings. The molecular weight excluding hydrogens is 357 g/mol. The Bertz CT molecular complexity index is 1060. The van der Waals surface area contributed by atoms with Crippen molar-refractivity contribution in [2.45, 2.75) is 44.9 Å². The molecule has 2 atom stereocenters. The summed E-state index contributed by atoms with van der Waals surface area (Å²) in [6.07, 6.45) is 0.0801. The van der Waals surface area contributed by atoms with Crippen LogP contribution in [0.15, 0.2) is 60.7 Å². The number of rotatable bonds is 2. The van der Waals surface area contributed by atoms with Gasteiger partial charge in [-0.15, -0.1) is 0 Å². The third-order valence-corrected chi connectivity index (χ3v) is 6.64. The van der Waals surface area contributed by atoms with Gasteiger partial charge >= 0.3 is 7.12 Å². The van der Waals surface area contributed by atoms with Gasteiger partial charge in [-0.1, -0.05) is 60.7 Å². The van der Waals surface area contributed by atoms with E-state index in [4.69, 9.17) is 9.31 Å². The van der Waals surface area contributed by atoms with E-state index in [9.17, 15) is 0 Å². The number of hydrogen-bond donors (Lipinski definition) is 0. The number of hydrogen-bond acceptors (Lipinski definition) is 3. The molecule has 29 heavy (non-hydrogen) atoms. The summed E-state index contributed by atoms with van der Waals surface area (Å²) in [5.74, 6) is 0.378. The summed E-state index contributed by atoms with van der Waals surface area (Å²) in [5.41, 5.74) is 5.04. The van der Waals surface area contributed by atoms with E-state index in [0.717, 1.165) is 18.6 Å². The third-order valence-electron chi connectivity index (χ3n) is 6.64. The van der Waals surface area contributed by atoms with Crippen molar-refractivity contribution in [2.24, 2.45) is 0 Å². The van der Waals surface area contributed by atoms with E-state index in [-0.39, 0.29) is 18.8 Å². The molecule has 2 aliphatic rings. The first-order valence-electron chi connectivity index (χ1n) is 10.5. The van der Waals surface area contributed by atoms with Crippen LogP contribution >= 0.6 is 0 Å². The van der Waals surface area contributed by atoms with Crippen molar-refractivity contribution >= 4 is 23.4 Å². The molecule has 0 aromatic heterocycles. The van der Waals surface area contributed by atoms with Gasteiger partial charge in [0.15, 0.2) is 0 Å². The number of nitrogens with zero attached hydrogens (tertiary/aromatic N) is 1. The highest BCUT2D eigenvalue weighted by atomic mass is 16.7. The molecule has 3 nitrogen and oxygen atoms in total. The zero-order valence-electron chi connectivity index (χ0n) is 17.7. The summed E-state index contributed by atoms with van der Waals surface area (Å²) in [5, 5.41) is 2.60. The van der Waals surface area contributed by atoms with Gasteiger partial charge in [0.2, 0.25) is 0 Å². The summed E-state index contributed by atoms with van der Waals surface area (Å²) in [6, 6.07) is 22.3. The van der Waals surface area contributed by atoms with Crippen molar-refractivity contribution in [3.05, 3.63) is 77.4 Å². The second kappa shape index (κ2) is 6.98. The molecule has 0 saturated carbocycles. The van der Waals surface area contributed by atoms with Crippen LogP contribution in [-0.4, -0.2) is 37.3 Å². The van der Waals surface area contributed by atoms with Crippen LogP contribution in [0.4, 0.5) is 0 Å². The number of benzene rings is 3. The first kappa shape index (κ1) is 18.9. The van der Waals surface area contributed by atoms with E-state index in [1.807, 2.05) is 0 Å². The molecule has 3 aromatic carbocycles. The Hall–Kier alpha value is -2.14. The number of likely N-dealkylation sites (N-methyl/N-ethyl adjacent to an activating group) is 1. The lowest BCUT2D eigenvalue weighted by atomic mass is 9.75. The fourth-order valence-electron chi connectivity index (χ4n) is 4.62. The van der Waals surface area contributed by atoms with Gasteiger partial charge in [-0.3, -0.25) is 0 Å². The molecule has 0 aliphatic carbocycles. The van der Waals surface area contributed by atoms with E-state index in [1.165, 1.54) is 27.5 Å². The summed E-state index contributed by atoms with van der Waals surface area (Å²) < 4.78 is 12.3. The van der Waals surface area contributed by atoms with Crippen molar-refractivity contribution in [3.8, 4) is 0 Å². The van der Waals surface area contributed by atoms with Gasteiger partial charge in [0.1, 0.15) is 0 Å². The molecule has 0 radical (unpaired) electrons. The Kier molecular flexibility index (Phi) is 4.54. The van der Waals surface area contributed by atoms with Crippen LogP contribution in [-0.2, 0) is 15.9 Å². The van der Waals surface area contributed by atoms with Gasteiger partial charge in [0.05, 0.1) is 11.7 Å². The predicted octanol–water partition coefficient (Wildman–Crippen LogP) is 4.33. The molecule has 2 heterocycles. The quantitative estimate of drug-likeness (QED) is 0.613. The second-order valence-electron chi connectivity index (χ2n) is 9.15. The van der Waals surface area contributed by atoms with Crippen LogP contribution in [0, 0.1) is 0 Å². The largest absolute Gasteiger partial charge is 0.494 e. The van der Waals surface area contributed by atoms with E-state index in [0.29, 0.717) is 5.92 Å². The molecular formula is C25H28BNO2. The van der Waals surface area contributed by atoms with Gasteiger partial charge in [-0.05, 0) is 60.7 Å². The van der Waals surface area contributed by atoms with Gasteiger partial charge in [0.25, 0.3) is 0 Å². The lowest BCUT2D eigenvalue weighted by Crippen LogP contribution is -2.37. The Morgan fingerprint density at radius 3 is 2.55 bits per heavy atom. The molecule has 148 valence electrons. The maximum absolute atomic E-state index is 6.19. The van der Waals surface area contributed by atoms with Crippen LogP contribution in [0.1, 0.15) is 43.4 Å². The maximum atomic E-state index is 6.19. The van der Waals surface area contributed by atoms with Gasteiger partial charge in [-0.2, -0.15) is 0 Å². The Morgan fingerprint density at radius 2 is 1.79 bits per heavy atom. The average molecular weight is 385 g/mol. The minimum atomic E-state index is -0.281. The molecule has 4 heteroatoms. The standard InChI is InChI=1S/C25H28BNO2/c1-17-25(2,3)29-26(28-17)22-11-12-23-21(14-22)15-27(4)16-24(23)20-10-9-18-7-5-6-8-19(18)13-20/h5-14,17,24H,15-16H2,1-4H3. The SMILES string of the molecule is CC1OB(c2ccc3c(c2)CN(C)CC3c2ccc3ccccc3c2)OC1(C)C. The van der Waals surface area contributed by atoms with Crippen LogP contribution in [0.2, 0.25) is 0 Å². The van der Waals surface area contributed by atoms with Crippen LogP contribution < -0.4 is 5.46 Å². The fraction of sp³-hybridized carbons (Fsp3) is 0.360. The number of fused-ring (bicyclic) bond motifs is 2.